The van der Waals surface area contributed by atoms with E-state index in [1.807, 2.05) is 64.1 Å². The first-order chi connectivity index (χ1) is 11.0. The second-order valence-electron chi connectivity index (χ2n) is 6.04. The minimum absolute atomic E-state index is 0.115. The average molecular weight is 304 g/mol. The van der Waals surface area contributed by atoms with Gasteiger partial charge in [-0.3, -0.25) is 9.78 Å². The van der Waals surface area contributed by atoms with Crippen molar-refractivity contribution >= 4 is 22.5 Å². The van der Waals surface area contributed by atoms with Gasteiger partial charge < -0.3 is 5.32 Å². The maximum absolute atomic E-state index is 12.7. The number of carbonyl (C=O) groups is 1. The molecule has 116 valence electrons. The highest BCUT2D eigenvalue weighted by atomic mass is 16.1. The van der Waals surface area contributed by atoms with Crippen molar-refractivity contribution in [1.29, 1.82) is 0 Å². The first-order valence-corrected chi connectivity index (χ1v) is 7.71. The van der Waals surface area contributed by atoms with Gasteiger partial charge in [-0.05, 0) is 57.0 Å². The summed E-state index contributed by atoms with van der Waals surface area (Å²) in [6.07, 6.45) is 0. The molecule has 1 heterocycles. The molecule has 2 aromatic carbocycles. The largest absolute Gasteiger partial charge is 0.321 e. The number of para-hydroxylation sites is 1. The average Bonchev–Trinajstić information content (AvgIpc) is 2.50. The molecule has 3 aromatic rings. The van der Waals surface area contributed by atoms with Gasteiger partial charge in [0.25, 0.3) is 5.91 Å². The Morgan fingerprint density at radius 1 is 0.957 bits per heavy atom. The highest BCUT2D eigenvalue weighted by molar-refractivity contribution is 6.07. The molecule has 3 heteroatoms. The van der Waals surface area contributed by atoms with Crippen molar-refractivity contribution in [3.05, 3.63) is 70.4 Å². The van der Waals surface area contributed by atoms with E-state index in [-0.39, 0.29) is 5.91 Å². The van der Waals surface area contributed by atoms with Gasteiger partial charge in [0.05, 0.1) is 16.8 Å². The number of rotatable bonds is 2. The fourth-order valence-corrected chi connectivity index (χ4v) is 2.81. The molecule has 3 nitrogen and oxygen atoms in total. The zero-order valence-electron chi connectivity index (χ0n) is 13.9. The molecule has 0 spiro atoms. The molecule has 0 unspecified atom stereocenters. The van der Waals surface area contributed by atoms with Crippen LogP contribution in [0.5, 0.6) is 0 Å². The third-order valence-electron chi connectivity index (χ3n) is 4.13. The third kappa shape index (κ3) is 2.95. The van der Waals surface area contributed by atoms with Crippen LogP contribution in [0, 0.1) is 27.7 Å². The Labute approximate surface area is 136 Å². The van der Waals surface area contributed by atoms with E-state index in [0.29, 0.717) is 5.56 Å². The van der Waals surface area contributed by atoms with E-state index in [0.717, 1.165) is 39.0 Å². The van der Waals surface area contributed by atoms with Crippen LogP contribution >= 0.6 is 0 Å². The fourth-order valence-electron chi connectivity index (χ4n) is 2.81. The van der Waals surface area contributed by atoms with Gasteiger partial charge in [0.2, 0.25) is 0 Å². The Morgan fingerprint density at radius 2 is 1.65 bits per heavy atom. The summed E-state index contributed by atoms with van der Waals surface area (Å²) in [5.41, 5.74) is 6.42. The van der Waals surface area contributed by atoms with Gasteiger partial charge >= 0.3 is 0 Å². The van der Waals surface area contributed by atoms with Crippen LogP contribution in [0.3, 0.4) is 0 Å². The zero-order chi connectivity index (χ0) is 16.6. The molecule has 0 aliphatic rings. The quantitative estimate of drug-likeness (QED) is 0.744. The lowest BCUT2D eigenvalue weighted by Crippen LogP contribution is -2.15. The molecule has 1 N–H and O–H groups in total. The molecule has 23 heavy (non-hydrogen) atoms. The number of hydrogen-bond acceptors (Lipinski definition) is 2. The zero-order valence-corrected chi connectivity index (χ0v) is 13.9. The highest BCUT2D eigenvalue weighted by Crippen LogP contribution is 2.22. The normalized spacial score (nSPS) is 10.8. The van der Waals surface area contributed by atoms with Crippen molar-refractivity contribution in [2.24, 2.45) is 0 Å². The monoisotopic (exact) mass is 304 g/mol. The van der Waals surface area contributed by atoms with Crippen LogP contribution in [-0.2, 0) is 0 Å². The number of fused-ring (bicyclic) bond motifs is 1. The smallest absolute Gasteiger partial charge is 0.257 e. The van der Waals surface area contributed by atoms with E-state index in [9.17, 15) is 4.79 Å². The number of aromatic nitrogens is 1. The van der Waals surface area contributed by atoms with Crippen LogP contribution < -0.4 is 5.32 Å². The summed E-state index contributed by atoms with van der Waals surface area (Å²) in [5, 5.41) is 4.02. The van der Waals surface area contributed by atoms with Gasteiger partial charge in [-0.15, -0.1) is 0 Å². The Hall–Kier alpha value is -2.68. The summed E-state index contributed by atoms with van der Waals surface area (Å²) >= 11 is 0. The predicted octanol–water partition coefficient (Wildman–Crippen LogP) is 4.72. The number of pyridine rings is 1. The van der Waals surface area contributed by atoms with Gasteiger partial charge in [-0.1, -0.05) is 29.8 Å². The third-order valence-corrected chi connectivity index (χ3v) is 4.13. The van der Waals surface area contributed by atoms with E-state index >= 15 is 0 Å². The number of carbonyl (C=O) groups excluding carboxylic acids is 1. The molecule has 1 amide bonds. The first-order valence-electron chi connectivity index (χ1n) is 7.71. The van der Waals surface area contributed by atoms with E-state index in [1.54, 1.807) is 0 Å². The Kier molecular flexibility index (Phi) is 3.87. The lowest BCUT2D eigenvalue weighted by Gasteiger charge is -2.13. The summed E-state index contributed by atoms with van der Waals surface area (Å²) in [7, 11) is 0. The SMILES string of the molecule is Cc1ccc2nc(C)c(C(=O)Nc3c(C)cccc3C)cc2c1. The maximum atomic E-state index is 12.7. The Balaban J connectivity index is 2.02. The molecule has 0 aliphatic heterocycles. The summed E-state index contributed by atoms with van der Waals surface area (Å²) in [6.45, 7) is 7.91. The summed E-state index contributed by atoms with van der Waals surface area (Å²) < 4.78 is 0. The Bertz CT molecular complexity index is 893. The number of amides is 1. The number of nitrogens with zero attached hydrogens (tertiary/aromatic N) is 1. The molecule has 0 saturated heterocycles. The van der Waals surface area contributed by atoms with Gasteiger partial charge in [-0.2, -0.15) is 0 Å². The van der Waals surface area contributed by atoms with Gasteiger partial charge in [-0.25, -0.2) is 0 Å². The van der Waals surface area contributed by atoms with Crippen molar-refractivity contribution in [3.63, 3.8) is 0 Å². The highest BCUT2D eigenvalue weighted by Gasteiger charge is 2.14. The molecule has 1 aromatic heterocycles. The van der Waals surface area contributed by atoms with Gasteiger partial charge in [0, 0.05) is 11.1 Å². The van der Waals surface area contributed by atoms with E-state index in [1.165, 1.54) is 0 Å². The number of hydrogen-bond donors (Lipinski definition) is 1. The molecule has 0 saturated carbocycles. The number of anilines is 1. The van der Waals surface area contributed by atoms with Crippen LogP contribution in [0.4, 0.5) is 5.69 Å². The van der Waals surface area contributed by atoms with Crippen LogP contribution in [0.15, 0.2) is 42.5 Å². The number of aryl methyl sites for hydroxylation is 4. The molecule has 0 fully saturated rings. The molecule has 0 radical (unpaired) electrons. The van der Waals surface area contributed by atoms with Gasteiger partial charge in [0.15, 0.2) is 0 Å². The Morgan fingerprint density at radius 3 is 2.35 bits per heavy atom. The van der Waals surface area contributed by atoms with Gasteiger partial charge in [0.1, 0.15) is 0 Å². The standard InChI is InChI=1S/C20H20N2O/c1-12-8-9-18-16(10-12)11-17(15(4)21-18)20(23)22-19-13(2)6-5-7-14(19)3/h5-11H,1-4H3,(H,22,23). The second kappa shape index (κ2) is 5.84. The van der Waals surface area contributed by atoms with Crippen LogP contribution in [-0.4, -0.2) is 10.9 Å². The molecule has 0 aliphatic carbocycles. The van der Waals surface area contributed by atoms with Crippen LogP contribution in [0.2, 0.25) is 0 Å². The van der Waals surface area contributed by atoms with Crippen LogP contribution in [0.1, 0.15) is 32.7 Å². The first kappa shape index (κ1) is 15.2. The predicted molar refractivity (Wildman–Crippen MR) is 95.1 cm³/mol. The van der Waals surface area contributed by atoms with Crippen molar-refractivity contribution in [3.8, 4) is 0 Å². The maximum Gasteiger partial charge on any atom is 0.257 e. The van der Waals surface area contributed by atoms with E-state index in [2.05, 4.69) is 16.4 Å². The van der Waals surface area contributed by atoms with Crippen molar-refractivity contribution in [2.75, 3.05) is 5.32 Å². The lowest BCUT2D eigenvalue weighted by atomic mass is 10.1. The topological polar surface area (TPSA) is 42.0 Å². The van der Waals surface area contributed by atoms with Crippen LogP contribution in [0.25, 0.3) is 10.9 Å². The van der Waals surface area contributed by atoms with Crippen molar-refractivity contribution in [1.82, 2.24) is 4.98 Å². The van der Waals surface area contributed by atoms with Crippen molar-refractivity contribution in [2.45, 2.75) is 27.7 Å². The lowest BCUT2D eigenvalue weighted by molar-refractivity contribution is 0.102. The van der Waals surface area contributed by atoms with Crippen molar-refractivity contribution < 1.29 is 4.79 Å². The summed E-state index contributed by atoms with van der Waals surface area (Å²) in [6, 6.07) is 14.0. The molecule has 3 rings (SSSR count). The van der Waals surface area contributed by atoms with E-state index < -0.39 is 0 Å². The molecular weight excluding hydrogens is 284 g/mol. The number of benzene rings is 2. The molecular formula is C20H20N2O. The minimum Gasteiger partial charge on any atom is -0.321 e. The second-order valence-corrected chi connectivity index (χ2v) is 6.04. The summed E-state index contributed by atoms with van der Waals surface area (Å²) in [4.78, 5) is 17.3. The summed E-state index contributed by atoms with van der Waals surface area (Å²) in [5.74, 6) is -0.115. The van der Waals surface area contributed by atoms with E-state index in [4.69, 9.17) is 0 Å². The fraction of sp³-hybridized carbons (Fsp3) is 0.200. The number of nitrogens with one attached hydrogen (secondary N) is 1. The molecule has 0 atom stereocenters. The minimum atomic E-state index is -0.115. The molecule has 0 bridgehead atoms.